The van der Waals surface area contributed by atoms with Gasteiger partial charge in [-0.1, -0.05) is 133 Å². The quantitative estimate of drug-likeness (QED) is 0.198. The van der Waals surface area contributed by atoms with Crippen LogP contribution >= 0.6 is 11.6 Å². The van der Waals surface area contributed by atoms with E-state index in [1.54, 1.807) is 0 Å². The van der Waals surface area contributed by atoms with Crippen molar-refractivity contribution in [3.05, 3.63) is 151 Å². The summed E-state index contributed by atoms with van der Waals surface area (Å²) < 4.78 is 0. The van der Waals surface area contributed by atoms with Crippen LogP contribution in [0.4, 0.5) is 0 Å². The highest BCUT2D eigenvalue weighted by Gasteiger charge is 2.14. The van der Waals surface area contributed by atoms with Crippen molar-refractivity contribution in [2.24, 2.45) is 0 Å². The van der Waals surface area contributed by atoms with Gasteiger partial charge in [0, 0.05) is 11.1 Å². The van der Waals surface area contributed by atoms with E-state index in [0.717, 1.165) is 44.2 Å². The summed E-state index contributed by atoms with van der Waals surface area (Å²) in [7, 11) is 0. The summed E-state index contributed by atoms with van der Waals surface area (Å²) in [5.41, 5.74) is 6.34. The fourth-order valence-electron chi connectivity index (χ4n) is 6.00. The highest BCUT2D eigenvalue weighted by molar-refractivity contribution is 6.28. The first-order valence-electron chi connectivity index (χ1n) is 14.2. The van der Waals surface area contributed by atoms with Gasteiger partial charge in [-0.05, 0) is 78.3 Å². The first-order chi connectivity index (χ1) is 21.2. The molecule has 0 spiro atoms. The van der Waals surface area contributed by atoms with Gasteiger partial charge in [0.05, 0.1) is 0 Å². The summed E-state index contributed by atoms with van der Waals surface area (Å²) in [6, 6.07) is 50.8. The molecule has 43 heavy (non-hydrogen) atoms. The molecule has 0 aliphatic carbocycles. The van der Waals surface area contributed by atoms with E-state index >= 15 is 0 Å². The van der Waals surface area contributed by atoms with E-state index in [-0.39, 0.29) is 5.28 Å². The molecule has 0 aliphatic rings. The predicted molar refractivity (Wildman–Crippen MR) is 179 cm³/mol. The average molecular weight is 570 g/mol. The lowest BCUT2D eigenvalue weighted by molar-refractivity contribution is 1.07. The summed E-state index contributed by atoms with van der Waals surface area (Å²) in [6.07, 6.45) is 0. The van der Waals surface area contributed by atoms with Gasteiger partial charge in [0.15, 0.2) is 11.6 Å². The molecule has 0 saturated heterocycles. The molecule has 8 rings (SSSR count). The topological polar surface area (TPSA) is 38.7 Å². The molecule has 0 amide bonds. The fraction of sp³-hybridized carbons (Fsp3) is 0. The Morgan fingerprint density at radius 1 is 0.349 bits per heavy atom. The molecule has 1 heterocycles. The minimum absolute atomic E-state index is 0.165. The Labute approximate surface area is 254 Å². The van der Waals surface area contributed by atoms with Gasteiger partial charge in [0.2, 0.25) is 5.28 Å². The Balaban J connectivity index is 1.24. The van der Waals surface area contributed by atoms with Crippen molar-refractivity contribution in [1.82, 2.24) is 15.0 Å². The monoisotopic (exact) mass is 569 g/mol. The average Bonchev–Trinajstić information content (AvgIpc) is 3.07. The minimum atomic E-state index is 0.165. The van der Waals surface area contributed by atoms with E-state index < -0.39 is 0 Å². The van der Waals surface area contributed by atoms with E-state index in [1.165, 1.54) is 21.5 Å². The second kappa shape index (κ2) is 10.5. The van der Waals surface area contributed by atoms with Crippen molar-refractivity contribution in [2.75, 3.05) is 0 Å². The van der Waals surface area contributed by atoms with E-state index in [9.17, 15) is 0 Å². The first kappa shape index (κ1) is 25.3. The van der Waals surface area contributed by atoms with Crippen molar-refractivity contribution in [3.8, 4) is 45.0 Å². The largest absolute Gasteiger partial charge is 0.226 e. The zero-order valence-electron chi connectivity index (χ0n) is 23.1. The van der Waals surface area contributed by atoms with Crippen LogP contribution < -0.4 is 0 Å². The third kappa shape index (κ3) is 4.61. The number of nitrogens with zero attached hydrogens (tertiary/aromatic N) is 3. The molecule has 1 aromatic heterocycles. The molecule has 0 N–H and O–H groups in total. The smallest absolute Gasteiger partial charge is 0.208 e. The molecule has 0 atom stereocenters. The van der Waals surface area contributed by atoms with Gasteiger partial charge in [-0.15, -0.1) is 0 Å². The molecular formula is C39H24ClN3. The lowest BCUT2D eigenvalue weighted by atomic mass is 9.94. The second-order valence-electron chi connectivity index (χ2n) is 10.6. The Hall–Kier alpha value is -5.38. The zero-order chi connectivity index (χ0) is 28.8. The van der Waals surface area contributed by atoms with Crippen LogP contribution in [-0.4, -0.2) is 15.0 Å². The molecule has 0 saturated carbocycles. The van der Waals surface area contributed by atoms with Gasteiger partial charge in [0.1, 0.15) is 0 Å². The van der Waals surface area contributed by atoms with Gasteiger partial charge >= 0.3 is 0 Å². The number of halogens is 1. The number of hydrogen-bond donors (Lipinski definition) is 0. The number of hydrogen-bond acceptors (Lipinski definition) is 3. The minimum Gasteiger partial charge on any atom is -0.208 e. The van der Waals surface area contributed by atoms with Crippen LogP contribution in [0.25, 0.3) is 77.3 Å². The van der Waals surface area contributed by atoms with Gasteiger partial charge in [0.25, 0.3) is 0 Å². The molecule has 0 bridgehead atoms. The SMILES string of the molecule is Clc1nc(-c2cccc(-c3cccc4c3ccc3ccccc34)c2)nc(-c2cccc3ccc(-c4ccccc4)cc23)n1. The molecule has 202 valence electrons. The molecule has 0 unspecified atom stereocenters. The van der Waals surface area contributed by atoms with E-state index in [0.29, 0.717) is 11.6 Å². The second-order valence-corrected chi connectivity index (χ2v) is 11.0. The van der Waals surface area contributed by atoms with Crippen molar-refractivity contribution in [2.45, 2.75) is 0 Å². The number of fused-ring (bicyclic) bond motifs is 4. The van der Waals surface area contributed by atoms with Crippen LogP contribution in [0.15, 0.2) is 146 Å². The Kier molecular flexibility index (Phi) is 6.17. The van der Waals surface area contributed by atoms with Crippen LogP contribution in [0.3, 0.4) is 0 Å². The van der Waals surface area contributed by atoms with Crippen molar-refractivity contribution < 1.29 is 0 Å². The van der Waals surface area contributed by atoms with Crippen molar-refractivity contribution in [3.63, 3.8) is 0 Å². The van der Waals surface area contributed by atoms with Crippen LogP contribution in [0, 0.1) is 0 Å². The number of benzene rings is 7. The Morgan fingerprint density at radius 3 is 1.93 bits per heavy atom. The van der Waals surface area contributed by atoms with Crippen LogP contribution in [0.1, 0.15) is 0 Å². The summed E-state index contributed by atoms with van der Waals surface area (Å²) in [4.78, 5) is 14.1. The molecule has 0 fully saturated rings. The third-order valence-electron chi connectivity index (χ3n) is 8.06. The zero-order valence-corrected chi connectivity index (χ0v) is 23.8. The third-order valence-corrected chi connectivity index (χ3v) is 8.23. The van der Waals surface area contributed by atoms with E-state index in [1.807, 2.05) is 30.3 Å². The molecular weight excluding hydrogens is 546 g/mol. The Morgan fingerprint density at radius 2 is 1.00 bits per heavy atom. The maximum atomic E-state index is 6.56. The fourth-order valence-corrected chi connectivity index (χ4v) is 6.16. The standard InChI is InChI=1S/C39H24ClN3/c40-39-42-37(41-38(43-39)35-18-7-12-27-19-20-28(24-36(27)35)25-9-2-1-3-10-25)30-14-6-13-29(23-30)32-16-8-17-33-31-15-5-4-11-26(31)21-22-34(32)33/h1-24H. The summed E-state index contributed by atoms with van der Waals surface area (Å²) in [6.45, 7) is 0. The van der Waals surface area contributed by atoms with Crippen molar-refractivity contribution >= 4 is 43.9 Å². The lowest BCUT2D eigenvalue weighted by Gasteiger charge is -2.12. The molecule has 8 aromatic rings. The number of aromatic nitrogens is 3. The van der Waals surface area contributed by atoms with Crippen molar-refractivity contribution in [1.29, 1.82) is 0 Å². The lowest BCUT2D eigenvalue weighted by Crippen LogP contribution is -1.98. The highest BCUT2D eigenvalue weighted by Crippen LogP contribution is 2.36. The summed E-state index contributed by atoms with van der Waals surface area (Å²) >= 11 is 6.56. The number of rotatable bonds is 4. The molecule has 7 aromatic carbocycles. The van der Waals surface area contributed by atoms with Crippen LogP contribution in [-0.2, 0) is 0 Å². The molecule has 0 aliphatic heterocycles. The molecule has 0 radical (unpaired) electrons. The maximum absolute atomic E-state index is 6.56. The van der Waals surface area contributed by atoms with Crippen LogP contribution in [0.5, 0.6) is 0 Å². The van der Waals surface area contributed by atoms with E-state index in [2.05, 4.69) is 125 Å². The Bertz CT molecular complexity index is 2310. The summed E-state index contributed by atoms with van der Waals surface area (Å²) in [5, 5.41) is 7.26. The highest BCUT2D eigenvalue weighted by atomic mass is 35.5. The maximum Gasteiger partial charge on any atom is 0.226 e. The predicted octanol–water partition coefficient (Wildman–Crippen LogP) is 10.7. The normalized spacial score (nSPS) is 11.4. The van der Waals surface area contributed by atoms with Gasteiger partial charge in [-0.2, -0.15) is 9.97 Å². The molecule has 4 heteroatoms. The molecule has 3 nitrogen and oxygen atoms in total. The first-order valence-corrected chi connectivity index (χ1v) is 14.6. The van der Waals surface area contributed by atoms with Gasteiger partial charge < -0.3 is 0 Å². The van der Waals surface area contributed by atoms with E-state index in [4.69, 9.17) is 16.6 Å². The van der Waals surface area contributed by atoms with Gasteiger partial charge in [-0.3, -0.25) is 0 Å². The summed E-state index contributed by atoms with van der Waals surface area (Å²) in [5.74, 6) is 1.09. The van der Waals surface area contributed by atoms with Crippen LogP contribution in [0.2, 0.25) is 5.28 Å². The van der Waals surface area contributed by atoms with Gasteiger partial charge in [-0.25, -0.2) is 4.98 Å².